The van der Waals surface area contributed by atoms with E-state index in [2.05, 4.69) is 22.8 Å². The summed E-state index contributed by atoms with van der Waals surface area (Å²) in [7, 11) is 0. The summed E-state index contributed by atoms with van der Waals surface area (Å²) in [5.41, 5.74) is 2.23. The third-order valence-electron chi connectivity index (χ3n) is 5.36. The molecule has 0 saturated carbocycles. The number of rotatable bonds is 4. The van der Waals surface area contributed by atoms with Gasteiger partial charge in [-0.25, -0.2) is 4.79 Å². The predicted molar refractivity (Wildman–Crippen MR) is 104 cm³/mol. The van der Waals surface area contributed by atoms with Crippen LogP contribution in [0, 0.1) is 5.92 Å². The van der Waals surface area contributed by atoms with Crippen molar-refractivity contribution in [1.82, 2.24) is 10.6 Å². The van der Waals surface area contributed by atoms with Gasteiger partial charge in [0.2, 0.25) is 0 Å². The summed E-state index contributed by atoms with van der Waals surface area (Å²) in [6.45, 7) is 2.01. The van der Waals surface area contributed by atoms with Crippen LogP contribution < -0.4 is 15.4 Å². The molecule has 27 heavy (non-hydrogen) atoms. The minimum Gasteiger partial charge on any atom is -0.493 e. The molecule has 1 fully saturated rings. The first-order valence-electron chi connectivity index (χ1n) is 9.74. The van der Waals surface area contributed by atoms with Gasteiger partial charge in [-0.05, 0) is 24.5 Å². The zero-order valence-electron chi connectivity index (χ0n) is 15.4. The summed E-state index contributed by atoms with van der Waals surface area (Å²) < 4.78 is 11.7. The average Bonchev–Trinajstić information content (AvgIpc) is 2.73. The van der Waals surface area contributed by atoms with Gasteiger partial charge in [-0.2, -0.15) is 0 Å². The van der Waals surface area contributed by atoms with Crippen LogP contribution in [-0.4, -0.2) is 25.8 Å². The maximum atomic E-state index is 12.5. The van der Waals surface area contributed by atoms with Crippen LogP contribution in [0.15, 0.2) is 54.6 Å². The molecule has 2 aliphatic rings. The molecule has 2 amide bonds. The summed E-state index contributed by atoms with van der Waals surface area (Å²) in [6.07, 6.45) is 2.91. The number of benzene rings is 2. The van der Waals surface area contributed by atoms with Crippen molar-refractivity contribution in [3.05, 3.63) is 65.7 Å². The molecule has 2 aromatic rings. The Balaban J connectivity index is 1.35. The summed E-state index contributed by atoms with van der Waals surface area (Å²) in [4.78, 5) is 12.5. The Morgan fingerprint density at radius 2 is 1.81 bits per heavy atom. The van der Waals surface area contributed by atoms with E-state index in [0.717, 1.165) is 37.2 Å². The molecular formula is C22H26N2O3. The molecule has 0 aromatic heterocycles. The number of fused-ring (bicyclic) bond motifs is 1. The van der Waals surface area contributed by atoms with E-state index in [1.807, 2.05) is 42.5 Å². The average molecular weight is 366 g/mol. The summed E-state index contributed by atoms with van der Waals surface area (Å²) in [6, 6.07) is 18.0. The van der Waals surface area contributed by atoms with Gasteiger partial charge in [0.05, 0.1) is 18.8 Å². The van der Waals surface area contributed by atoms with E-state index in [1.54, 1.807) is 0 Å². The third kappa shape index (κ3) is 4.25. The van der Waals surface area contributed by atoms with Gasteiger partial charge in [0.1, 0.15) is 5.75 Å². The standard InChI is InChI=1S/C22H26N2O3/c25-22(24-19-12-14-26-20-11-5-4-10-18(19)20)23-15-17-9-6-13-27-21(17)16-7-2-1-3-8-16/h1-5,7-8,10-11,17,19,21H,6,9,12-15H2,(H2,23,24,25). The van der Waals surface area contributed by atoms with Crippen LogP contribution in [0.25, 0.3) is 0 Å². The molecule has 0 bridgehead atoms. The van der Waals surface area contributed by atoms with Crippen molar-refractivity contribution in [3.63, 3.8) is 0 Å². The molecule has 3 unspecified atom stereocenters. The molecule has 5 nitrogen and oxygen atoms in total. The van der Waals surface area contributed by atoms with Crippen molar-refractivity contribution in [2.24, 2.45) is 5.92 Å². The highest BCUT2D eigenvalue weighted by Crippen LogP contribution is 2.33. The molecule has 5 heteroatoms. The quantitative estimate of drug-likeness (QED) is 0.861. The normalized spacial score (nSPS) is 24.4. The SMILES string of the molecule is O=C(NCC1CCCOC1c1ccccc1)NC1CCOc2ccccc21. The largest absolute Gasteiger partial charge is 0.493 e. The maximum absolute atomic E-state index is 12.5. The fourth-order valence-corrected chi connectivity index (χ4v) is 3.99. The van der Waals surface area contributed by atoms with E-state index in [0.29, 0.717) is 13.2 Å². The van der Waals surface area contributed by atoms with Gasteiger partial charge >= 0.3 is 6.03 Å². The highest BCUT2D eigenvalue weighted by atomic mass is 16.5. The van der Waals surface area contributed by atoms with Crippen LogP contribution in [0.2, 0.25) is 0 Å². The Kier molecular flexibility index (Phi) is 5.58. The van der Waals surface area contributed by atoms with Crippen LogP contribution in [0.3, 0.4) is 0 Å². The van der Waals surface area contributed by atoms with Gasteiger partial charge < -0.3 is 20.1 Å². The number of nitrogens with one attached hydrogen (secondary N) is 2. The highest BCUT2D eigenvalue weighted by molar-refractivity contribution is 5.74. The number of hydrogen-bond donors (Lipinski definition) is 2. The molecular weight excluding hydrogens is 340 g/mol. The van der Waals surface area contributed by atoms with Gasteiger partial charge in [-0.1, -0.05) is 48.5 Å². The molecule has 1 saturated heterocycles. The van der Waals surface area contributed by atoms with E-state index < -0.39 is 0 Å². The summed E-state index contributed by atoms with van der Waals surface area (Å²) in [5.74, 6) is 1.15. The molecule has 2 heterocycles. The molecule has 4 rings (SSSR count). The lowest BCUT2D eigenvalue weighted by Gasteiger charge is -2.32. The van der Waals surface area contributed by atoms with E-state index in [1.165, 1.54) is 5.56 Å². The first-order chi connectivity index (χ1) is 13.3. The van der Waals surface area contributed by atoms with Crippen molar-refractivity contribution in [2.75, 3.05) is 19.8 Å². The molecule has 2 aromatic carbocycles. The first-order valence-corrected chi connectivity index (χ1v) is 9.74. The first kappa shape index (κ1) is 17.9. The van der Waals surface area contributed by atoms with Crippen molar-refractivity contribution in [3.8, 4) is 5.75 Å². The third-order valence-corrected chi connectivity index (χ3v) is 5.36. The van der Waals surface area contributed by atoms with Crippen molar-refractivity contribution in [2.45, 2.75) is 31.4 Å². The molecule has 0 spiro atoms. The Hall–Kier alpha value is -2.53. The van der Waals surface area contributed by atoms with Crippen molar-refractivity contribution < 1.29 is 14.3 Å². The molecule has 2 N–H and O–H groups in total. The van der Waals surface area contributed by atoms with Crippen LogP contribution in [0.4, 0.5) is 4.79 Å². The van der Waals surface area contributed by atoms with Crippen LogP contribution >= 0.6 is 0 Å². The highest BCUT2D eigenvalue weighted by Gasteiger charge is 2.28. The van der Waals surface area contributed by atoms with Crippen LogP contribution in [-0.2, 0) is 4.74 Å². The van der Waals surface area contributed by atoms with Crippen LogP contribution in [0.1, 0.15) is 42.5 Å². The van der Waals surface area contributed by atoms with E-state index in [-0.39, 0.29) is 24.1 Å². The number of ether oxygens (including phenoxy) is 2. The maximum Gasteiger partial charge on any atom is 0.315 e. The number of para-hydroxylation sites is 1. The summed E-state index contributed by atoms with van der Waals surface area (Å²) in [5, 5.41) is 6.16. The van der Waals surface area contributed by atoms with Gasteiger partial charge in [0.15, 0.2) is 0 Å². The Labute approximate surface area is 160 Å². The van der Waals surface area contributed by atoms with Crippen LogP contribution in [0.5, 0.6) is 5.75 Å². The van der Waals surface area contributed by atoms with Crippen molar-refractivity contribution in [1.29, 1.82) is 0 Å². The van der Waals surface area contributed by atoms with Crippen molar-refractivity contribution >= 4 is 6.03 Å². The Morgan fingerprint density at radius 3 is 2.70 bits per heavy atom. The number of carbonyl (C=O) groups is 1. The molecule has 2 aliphatic heterocycles. The minimum atomic E-state index is -0.130. The van der Waals surface area contributed by atoms with E-state index in [9.17, 15) is 4.79 Å². The van der Waals surface area contributed by atoms with Gasteiger partial charge in [-0.15, -0.1) is 0 Å². The molecule has 142 valence electrons. The predicted octanol–water partition coefficient (Wildman–Crippen LogP) is 3.98. The number of hydrogen-bond acceptors (Lipinski definition) is 3. The number of carbonyl (C=O) groups excluding carboxylic acids is 1. The summed E-state index contributed by atoms with van der Waals surface area (Å²) >= 11 is 0. The van der Waals surface area contributed by atoms with E-state index in [4.69, 9.17) is 9.47 Å². The van der Waals surface area contributed by atoms with Gasteiger partial charge in [-0.3, -0.25) is 0 Å². The minimum absolute atomic E-state index is 0.0116. The Morgan fingerprint density at radius 1 is 1.00 bits per heavy atom. The van der Waals surface area contributed by atoms with Gasteiger partial charge in [0, 0.05) is 31.1 Å². The number of urea groups is 1. The molecule has 0 radical (unpaired) electrons. The fraction of sp³-hybridized carbons (Fsp3) is 0.409. The lowest BCUT2D eigenvalue weighted by molar-refractivity contribution is -0.0269. The topological polar surface area (TPSA) is 59.6 Å². The molecule has 3 atom stereocenters. The fourth-order valence-electron chi connectivity index (χ4n) is 3.99. The number of amides is 2. The zero-order chi connectivity index (χ0) is 18.5. The second kappa shape index (κ2) is 8.44. The second-order valence-corrected chi connectivity index (χ2v) is 7.19. The lowest BCUT2D eigenvalue weighted by Crippen LogP contribution is -2.43. The van der Waals surface area contributed by atoms with E-state index >= 15 is 0 Å². The smallest absolute Gasteiger partial charge is 0.315 e. The second-order valence-electron chi connectivity index (χ2n) is 7.19. The van der Waals surface area contributed by atoms with Gasteiger partial charge in [0.25, 0.3) is 0 Å². The monoisotopic (exact) mass is 366 g/mol. The Bertz CT molecular complexity index is 765. The molecule has 0 aliphatic carbocycles. The zero-order valence-corrected chi connectivity index (χ0v) is 15.4. The lowest BCUT2D eigenvalue weighted by atomic mass is 9.89.